The number of aromatic amines is 1. The predicted octanol–water partition coefficient (Wildman–Crippen LogP) is 2.72. The average Bonchev–Trinajstić information content (AvgIpc) is 3.21. The number of hydrogen-bond donors (Lipinski definition) is 3. The molecule has 1 saturated carbocycles. The summed E-state index contributed by atoms with van der Waals surface area (Å²) in [6, 6.07) is 9.11. The summed E-state index contributed by atoms with van der Waals surface area (Å²) in [4.78, 5) is 27.9. The van der Waals surface area contributed by atoms with Crippen LogP contribution in [-0.2, 0) is 4.79 Å². The predicted molar refractivity (Wildman–Crippen MR) is 114 cm³/mol. The Kier molecular flexibility index (Phi) is 4.83. The number of nitrogens with zero attached hydrogens (tertiary/aromatic N) is 3. The van der Waals surface area contributed by atoms with Crippen molar-refractivity contribution in [2.75, 3.05) is 13.1 Å². The van der Waals surface area contributed by atoms with Crippen molar-refractivity contribution in [2.45, 2.75) is 38.1 Å². The monoisotopic (exact) mass is 437 g/mol. The van der Waals surface area contributed by atoms with E-state index in [0.717, 1.165) is 24.8 Å². The van der Waals surface area contributed by atoms with Gasteiger partial charge >= 0.3 is 0 Å². The third kappa shape index (κ3) is 3.68. The number of phenols is 1. The normalized spacial score (nSPS) is 19.9. The molecule has 1 aliphatic heterocycles. The van der Waals surface area contributed by atoms with Crippen molar-refractivity contribution in [3.8, 4) is 5.75 Å². The Morgan fingerprint density at radius 2 is 2.03 bits per heavy atom. The number of aromatic nitrogens is 3. The number of rotatable bonds is 5. The number of phenolic OH excluding ortho intramolecular Hbond substituents is 1. The standard InChI is InChI=1S/C23H24FN5O3/c1-13(14-3-2-4-16(30)7-14)22(32)29-12-23(5-6-23)10-15(29)11-25-21(31)17-8-19-20(9-18(17)24)27-28-26-19/h2-4,7-9,13,15,30H,5-6,10-12H2,1H3,(H,25,31)(H,26,27,28). The summed E-state index contributed by atoms with van der Waals surface area (Å²) in [5.74, 6) is -1.54. The van der Waals surface area contributed by atoms with E-state index >= 15 is 0 Å². The summed E-state index contributed by atoms with van der Waals surface area (Å²) in [5, 5.41) is 22.7. The average molecular weight is 437 g/mol. The first-order chi connectivity index (χ1) is 15.3. The highest BCUT2D eigenvalue weighted by atomic mass is 19.1. The van der Waals surface area contributed by atoms with E-state index in [-0.39, 0.29) is 35.2 Å². The number of aromatic hydroxyl groups is 1. The minimum Gasteiger partial charge on any atom is -0.508 e. The molecule has 1 aromatic heterocycles. The Morgan fingerprint density at radius 1 is 1.28 bits per heavy atom. The van der Waals surface area contributed by atoms with Crippen LogP contribution in [0.3, 0.4) is 0 Å². The second-order valence-electron chi connectivity index (χ2n) is 9.00. The molecule has 8 nitrogen and oxygen atoms in total. The van der Waals surface area contributed by atoms with Gasteiger partial charge in [0.2, 0.25) is 5.91 Å². The van der Waals surface area contributed by atoms with Crippen molar-refractivity contribution in [1.82, 2.24) is 25.6 Å². The minimum absolute atomic E-state index is 0.0335. The third-order valence-corrected chi connectivity index (χ3v) is 6.74. The van der Waals surface area contributed by atoms with Gasteiger partial charge in [0.25, 0.3) is 5.91 Å². The molecule has 2 amide bonds. The first-order valence-electron chi connectivity index (χ1n) is 10.7. The van der Waals surface area contributed by atoms with E-state index in [1.54, 1.807) is 18.2 Å². The van der Waals surface area contributed by atoms with Crippen LogP contribution >= 0.6 is 0 Å². The maximum absolute atomic E-state index is 14.4. The summed E-state index contributed by atoms with van der Waals surface area (Å²) in [7, 11) is 0. The van der Waals surface area contributed by atoms with Gasteiger partial charge in [0, 0.05) is 25.2 Å². The zero-order chi connectivity index (χ0) is 22.5. The van der Waals surface area contributed by atoms with Crippen LogP contribution in [0.5, 0.6) is 5.75 Å². The van der Waals surface area contributed by atoms with Crippen molar-refractivity contribution in [3.05, 3.63) is 53.3 Å². The molecule has 32 heavy (non-hydrogen) atoms. The molecule has 2 atom stereocenters. The highest BCUT2D eigenvalue weighted by molar-refractivity contribution is 5.97. The SMILES string of the molecule is CC(C(=O)N1CC2(CC2)CC1CNC(=O)c1cc2n[nH]nc2cc1F)c1cccc(O)c1. The highest BCUT2D eigenvalue weighted by Gasteiger charge is 2.53. The van der Waals surface area contributed by atoms with Crippen LogP contribution in [0.2, 0.25) is 0 Å². The molecule has 1 aliphatic carbocycles. The molecule has 9 heteroatoms. The third-order valence-electron chi connectivity index (χ3n) is 6.74. The summed E-state index contributed by atoms with van der Waals surface area (Å²) < 4.78 is 14.4. The van der Waals surface area contributed by atoms with Crippen molar-refractivity contribution in [2.24, 2.45) is 5.41 Å². The molecular formula is C23H24FN5O3. The summed E-state index contributed by atoms with van der Waals surface area (Å²) in [5.41, 5.74) is 1.54. The summed E-state index contributed by atoms with van der Waals surface area (Å²) in [6.45, 7) is 2.73. The van der Waals surface area contributed by atoms with E-state index in [1.807, 2.05) is 17.9 Å². The van der Waals surface area contributed by atoms with Gasteiger partial charge in [-0.1, -0.05) is 12.1 Å². The van der Waals surface area contributed by atoms with Crippen molar-refractivity contribution in [3.63, 3.8) is 0 Å². The smallest absolute Gasteiger partial charge is 0.254 e. The molecular weight excluding hydrogens is 413 g/mol. The van der Waals surface area contributed by atoms with Crippen LogP contribution in [0.4, 0.5) is 4.39 Å². The first-order valence-corrected chi connectivity index (χ1v) is 10.7. The minimum atomic E-state index is -0.667. The Labute approximate surface area is 183 Å². The van der Waals surface area contributed by atoms with Gasteiger partial charge in [0.15, 0.2) is 0 Å². The Morgan fingerprint density at radius 3 is 2.75 bits per heavy atom. The lowest BCUT2D eigenvalue weighted by molar-refractivity contribution is -0.133. The Bertz CT molecular complexity index is 1210. The van der Waals surface area contributed by atoms with E-state index < -0.39 is 17.6 Å². The largest absolute Gasteiger partial charge is 0.508 e. The zero-order valence-electron chi connectivity index (χ0n) is 17.6. The van der Waals surface area contributed by atoms with Crippen LogP contribution in [0.25, 0.3) is 11.0 Å². The Hall–Kier alpha value is -3.49. The van der Waals surface area contributed by atoms with Gasteiger partial charge in [0.1, 0.15) is 22.6 Å². The number of carbonyl (C=O) groups is 2. The number of fused-ring (bicyclic) bond motifs is 1. The number of amides is 2. The molecule has 2 fully saturated rings. The van der Waals surface area contributed by atoms with Crippen LogP contribution in [0.1, 0.15) is 48.0 Å². The van der Waals surface area contributed by atoms with E-state index in [4.69, 9.17) is 0 Å². The lowest BCUT2D eigenvalue weighted by Gasteiger charge is -2.28. The number of benzene rings is 2. The second kappa shape index (κ2) is 7.58. The molecule has 0 radical (unpaired) electrons. The number of nitrogens with one attached hydrogen (secondary N) is 2. The van der Waals surface area contributed by atoms with E-state index in [0.29, 0.717) is 17.6 Å². The molecule has 1 spiro atoms. The molecule has 166 valence electrons. The second-order valence-corrected chi connectivity index (χ2v) is 9.00. The van der Waals surface area contributed by atoms with Gasteiger partial charge in [-0.2, -0.15) is 15.4 Å². The number of hydrogen-bond acceptors (Lipinski definition) is 5. The van der Waals surface area contributed by atoms with Crippen molar-refractivity contribution >= 4 is 22.8 Å². The number of H-pyrrole nitrogens is 1. The van der Waals surface area contributed by atoms with Crippen molar-refractivity contribution in [1.29, 1.82) is 0 Å². The van der Waals surface area contributed by atoms with Gasteiger partial charge in [-0.3, -0.25) is 9.59 Å². The zero-order valence-corrected chi connectivity index (χ0v) is 17.6. The van der Waals surface area contributed by atoms with Gasteiger partial charge < -0.3 is 15.3 Å². The molecule has 3 N–H and O–H groups in total. The lowest BCUT2D eigenvalue weighted by Crippen LogP contribution is -2.44. The molecule has 5 rings (SSSR count). The molecule has 2 heterocycles. The van der Waals surface area contributed by atoms with E-state index in [2.05, 4.69) is 20.7 Å². The van der Waals surface area contributed by atoms with Gasteiger partial charge in [-0.25, -0.2) is 4.39 Å². The van der Waals surface area contributed by atoms with Crippen LogP contribution in [-0.4, -0.2) is 56.4 Å². The molecule has 2 aliphatic rings. The maximum Gasteiger partial charge on any atom is 0.254 e. The number of halogens is 1. The summed E-state index contributed by atoms with van der Waals surface area (Å²) >= 11 is 0. The van der Waals surface area contributed by atoms with Gasteiger partial charge in [-0.15, -0.1) is 0 Å². The van der Waals surface area contributed by atoms with Gasteiger partial charge in [-0.05, 0) is 55.4 Å². The van der Waals surface area contributed by atoms with Crippen LogP contribution < -0.4 is 5.32 Å². The molecule has 2 aromatic carbocycles. The van der Waals surface area contributed by atoms with E-state index in [9.17, 15) is 19.1 Å². The van der Waals surface area contributed by atoms with Crippen molar-refractivity contribution < 1.29 is 19.1 Å². The van der Waals surface area contributed by atoms with Crippen LogP contribution in [0.15, 0.2) is 36.4 Å². The fourth-order valence-electron chi connectivity index (χ4n) is 4.67. The molecule has 2 unspecified atom stereocenters. The highest BCUT2D eigenvalue weighted by Crippen LogP contribution is 2.55. The topological polar surface area (TPSA) is 111 Å². The van der Waals surface area contributed by atoms with Crippen LogP contribution in [0, 0.1) is 11.2 Å². The first kappa shape index (κ1) is 20.4. The fourth-order valence-corrected chi connectivity index (χ4v) is 4.67. The molecule has 3 aromatic rings. The number of likely N-dealkylation sites (tertiary alicyclic amines) is 1. The van der Waals surface area contributed by atoms with Gasteiger partial charge in [0.05, 0.1) is 11.5 Å². The van der Waals surface area contributed by atoms with E-state index in [1.165, 1.54) is 12.1 Å². The fraction of sp³-hybridized carbons (Fsp3) is 0.391. The summed E-state index contributed by atoms with van der Waals surface area (Å²) in [6.07, 6.45) is 2.95. The maximum atomic E-state index is 14.4. The Balaban J connectivity index is 1.31. The lowest BCUT2D eigenvalue weighted by atomic mass is 9.99. The molecule has 1 saturated heterocycles. The molecule has 0 bridgehead atoms. The number of carbonyl (C=O) groups excluding carboxylic acids is 2. The quantitative estimate of drug-likeness (QED) is 0.568.